The van der Waals surface area contributed by atoms with Crippen molar-refractivity contribution in [1.82, 2.24) is 0 Å². The fourth-order valence-corrected chi connectivity index (χ4v) is 2.83. The SMILES string of the molecule is COc1cccc(C=Nc2ccc(C)c(Cl)c2)c1OCc1ccc(C(=O)O)cc1. The molecule has 0 spiro atoms. The molecular formula is C23H20ClNO4. The molecule has 3 rings (SSSR count). The fourth-order valence-electron chi connectivity index (χ4n) is 2.65. The van der Waals surface area contributed by atoms with Crippen LogP contribution in [0.25, 0.3) is 0 Å². The van der Waals surface area contributed by atoms with Crippen LogP contribution in [-0.2, 0) is 6.61 Å². The van der Waals surface area contributed by atoms with Crippen LogP contribution < -0.4 is 9.47 Å². The number of hydrogen-bond acceptors (Lipinski definition) is 4. The summed E-state index contributed by atoms with van der Waals surface area (Å²) >= 11 is 6.17. The van der Waals surface area contributed by atoms with Crippen molar-refractivity contribution in [2.75, 3.05) is 7.11 Å². The fraction of sp³-hybridized carbons (Fsp3) is 0.130. The summed E-state index contributed by atoms with van der Waals surface area (Å²) in [5.74, 6) is 0.175. The van der Waals surface area contributed by atoms with E-state index in [-0.39, 0.29) is 12.2 Å². The molecule has 0 aromatic heterocycles. The number of rotatable bonds is 7. The molecule has 0 unspecified atom stereocenters. The molecule has 0 heterocycles. The minimum atomic E-state index is -0.961. The number of aromatic carboxylic acids is 1. The zero-order valence-electron chi connectivity index (χ0n) is 16.1. The highest BCUT2D eigenvalue weighted by Gasteiger charge is 2.10. The highest BCUT2D eigenvalue weighted by molar-refractivity contribution is 6.31. The zero-order valence-corrected chi connectivity index (χ0v) is 16.8. The first-order valence-electron chi connectivity index (χ1n) is 8.90. The Morgan fingerprint density at radius 1 is 1.14 bits per heavy atom. The lowest BCUT2D eigenvalue weighted by molar-refractivity contribution is 0.0697. The molecule has 3 aromatic rings. The molecule has 0 fully saturated rings. The Kier molecular flexibility index (Phi) is 6.52. The Bertz CT molecular complexity index is 1050. The van der Waals surface area contributed by atoms with Gasteiger partial charge in [0.25, 0.3) is 0 Å². The van der Waals surface area contributed by atoms with E-state index >= 15 is 0 Å². The third-order valence-electron chi connectivity index (χ3n) is 4.32. The first kappa shape index (κ1) is 20.4. The van der Waals surface area contributed by atoms with Gasteiger partial charge in [0.2, 0.25) is 0 Å². The Balaban J connectivity index is 1.82. The smallest absolute Gasteiger partial charge is 0.335 e. The van der Waals surface area contributed by atoms with Crippen molar-refractivity contribution in [2.24, 2.45) is 4.99 Å². The molecule has 0 radical (unpaired) electrons. The Morgan fingerprint density at radius 2 is 1.90 bits per heavy atom. The van der Waals surface area contributed by atoms with Gasteiger partial charge in [-0.25, -0.2) is 4.79 Å². The minimum absolute atomic E-state index is 0.232. The van der Waals surface area contributed by atoms with Crippen LogP contribution in [0.15, 0.2) is 65.7 Å². The largest absolute Gasteiger partial charge is 0.493 e. The molecule has 3 aromatic carbocycles. The van der Waals surface area contributed by atoms with Gasteiger partial charge >= 0.3 is 5.97 Å². The predicted molar refractivity (Wildman–Crippen MR) is 114 cm³/mol. The molecule has 0 amide bonds. The third kappa shape index (κ3) is 5.15. The summed E-state index contributed by atoms with van der Waals surface area (Å²) in [5.41, 5.74) is 3.55. The summed E-state index contributed by atoms with van der Waals surface area (Å²) in [6, 6.07) is 17.7. The van der Waals surface area contributed by atoms with E-state index in [0.29, 0.717) is 16.5 Å². The number of methoxy groups -OCH3 is 1. The maximum absolute atomic E-state index is 11.0. The predicted octanol–water partition coefficient (Wildman–Crippen LogP) is 5.68. The molecule has 0 saturated heterocycles. The Morgan fingerprint density at radius 3 is 2.55 bits per heavy atom. The van der Waals surface area contributed by atoms with Gasteiger partial charge in [0.15, 0.2) is 11.5 Å². The second-order valence-corrected chi connectivity index (χ2v) is 6.77. The van der Waals surface area contributed by atoms with E-state index < -0.39 is 5.97 Å². The number of hydrogen-bond donors (Lipinski definition) is 1. The second kappa shape index (κ2) is 9.26. The number of nitrogens with zero attached hydrogens (tertiary/aromatic N) is 1. The molecule has 0 bridgehead atoms. The van der Waals surface area contributed by atoms with Crippen LogP contribution in [0.1, 0.15) is 27.0 Å². The Labute approximate surface area is 174 Å². The highest BCUT2D eigenvalue weighted by atomic mass is 35.5. The first-order valence-corrected chi connectivity index (χ1v) is 9.28. The van der Waals surface area contributed by atoms with E-state index in [0.717, 1.165) is 22.4 Å². The van der Waals surface area contributed by atoms with E-state index in [1.54, 1.807) is 43.7 Å². The lowest BCUT2D eigenvalue weighted by Crippen LogP contribution is -2.02. The van der Waals surface area contributed by atoms with Crippen molar-refractivity contribution in [2.45, 2.75) is 13.5 Å². The molecule has 0 atom stereocenters. The van der Waals surface area contributed by atoms with Gasteiger partial charge in [0, 0.05) is 16.8 Å². The number of para-hydroxylation sites is 1. The Hall–Kier alpha value is -3.31. The molecule has 6 heteroatoms. The molecule has 29 heavy (non-hydrogen) atoms. The van der Waals surface area contributed by atoms with Crippen LogP contribution in [0, 0.1) is 6.92 Å². The van der Waals surface area contributed by atoms with Gasteiger partial charge in [0.1, 0.15) is 6.61 Å². The van der Waals surface area contributed by atoms with E-state index in [9.17, 15) is 4.79 Å². The molecule has 1 N–H and O–H groups in total. The topological polar surface area (TPSA) is 68.1 Å². The lowest BCUT2D eigenvalue weighted by atomic mass is 10.1. The van der Waals surface area contributed by atoms with Crippen molar-refractivity contribution in [3.05, 3.63) is 87.9 Å². The van der Waals surface area contributed by atoms with Gasteiger partial charge in [-0.15, -0.1) is 0 Å². The highest BCUT2D eigenvalue weighted by Crippen LogP contribution is 2.31. The number of carbonyl (C=O) groups is 1. The summed E-state index contributed by atoms with van der Waals surface area (Å²) in [6.07, 6.45) is 1.70. The van der Waals surface area contributed by atoms with Crippen LogP contribution in [0.5, 0.6) is 11.5 Å². The van der Waals surface area contributed by atoms with Gasteiger partial charge in [-0.3, -0.25) is 4.99 Å². The molecule has 0 saturated carbocycles. The minimum Gasteiger partial charge on any atom is -0.493 e. The van der Waals surface area contributed by atoms with Crippen molar-refractivity contribution in [3.8, 4) is 11.5 Å². The van der Waals surface area contributed by atoms with Crippen LogP contribution in [0.2, 0.25) is 5.02 Å². The van der Waals surface area contributed by atoms with E-state index in [2.05, 4.69) is 4.99 Å². The van der Waals surface area contributed by atoms with E-state index in [1.807, 2.05) is 37.3 Å². The number of aryl methyl sites for hydroxylation is 1. The third-order valence-corrected chi connectivity index (χ3v) is 4.73. The average Bonchev–Trinajstić information content (AvgIpc) is 2.73. The average molecular weight is 410 g/mol. The number of ether oxygens (including phenoxy) is 2. The maximum Gasteiger partial charge on any atom is 0.335 e. The number of carboxylic acid groups (broad SMARTS) is 1. The number of aliphatic imine (C=N–C) groups is 1. The van der Waals surface area contributed by atoms with Crippen molar-refractivity contribution < 1.29 is 19.4 Å². The summed E-state index contributed by atoms with van der Waals surface area (Å²) in [5, 5.41) is 9.66. The lowest BCUT2D eigenvalue weighted by Gasteiger charge is -2.13. The van der Waals surface area contributed by atoms with E-state index in [1.165, 1.54) is 0 Å². The first-order chi connectivity index (χ1) is 14.0. The number of halogens is 1. The van der Waals surface area contributed by atoms with Crippen molar-refractivity contribution in [3.63, 3.8) is 0 Å². The quantitative estimate of drug-likeness (QED) is 0.509. The number of benzene rings is 3. The zero-order chi connectivity index (χ0) is 20.8. The van der Waals surface area contributed by atoms with Crippen LogP contribution in [-0.4, -0.2) is 24.4 Å². The summed E-state index contributed by atoms with van der Waals surface area (Å²) in [6.45, 7) is 2.20. The molecule has 0 aliphatic heterocycles. The second-order valence-electron chi connectivity index (χ2n) is 6.36. The maximum atomic E-state index is 11.0. The summed E-state index contributed by atoms with van der Waals surface area (Å²) in [7, 11) is 1.57. The van der Waals surface area contributed by atoms with Crippen LogP contribution in [0.3, 0.4) is 0 Å². The standard InChI is InChI=1S/C23H20ClNO4/c1-15-6-11-19(12-20(15)24)25-13-18-4-3-5-21(28-2)22(18)29-14-16-7-9-17(10-8-16)23(26)27/h3-13H,14H2,1-2H3,(H,26,27). The summed E-state index contributed by atoms with van der Waals surface area (Å²) in [4.78, 5) is 15.5. The molecule has 5 nitrogen and oxygen atoms in total. The summed E-state index contributed by atoms with van der Waals surface area (Å²) < 4.78 is 11.4. The van der Waals surface area contributed by atoms with Gasteiger partial charge in [-0.2, -0.15) is 0 Å². The monoisotopic (exact) mass is 409 g/mol. The molecule has 148 valence electrons. The van der Waals surface area contributed by atoms with Crippen molar-refractivity contribution in [1.29, 1.82) is 0 Å². The number of carboxylic acids is 1. The van der Waals surface area contributed by atoms with E-state index in [4.69, 9.17) is 26.2 Å². The van der Waals surface area contributed by atoms with Gasteiger partial charge in [-0.05, 0) is 54.4 Å². The molecular weight excluding hydrogens is 390 g/mol. The van der Waals surface area contributed by atoms with Crippen LogP contribution in [0.4, 0.5) is 5.69 Å². The van der Waals surface area contributed by atoms with Crippen LogP contribution >= 0.6 is 11.6 Å². The molecule has 0 aliphatic rings. The van der Waals surface area contributed by atoms with Crippen molar-refractivity contribution >= 4 is 29.5 Å². The molecule has 0 aliphatic carbocycles. The van der Waals surface area contributed by atoms with Gasteiger partial charge in [-0.1, -0.05) is 35.9 Å². The van der Waals surface area contributed by atoms with Gasteiger partial charge < -0.3 is 14.6 Å². The normalized spacial score (nSPS) is 10.9. The van der Waals surface area contributed by atoms with Gasteiger partial charge in [0.05, 0.1) is 18.4 Å².